The first-order chi connectivity index (χ1) is 7.78. The summed E-state index contributed by atoms with van der Waals surface area (Å²) in [6, 6.07) is 8.11. The highest BCUT2D eigenvalue weighted by Crippen LogP contribution is 2.18. The highest BCUT2D eigenvalue weighted by molar-refractivity contribution is 9.11. The molecule has 1 aromatic heterocycles. The number of methoxy groups -OCH3 is 1. The maximum atomic E-state index is 5.11. The number of hydrogen-bond acceptors (Lipinski definition) is 4. The summed E-state index contributed by atoms with van der Waals surface area (Å²) in [6.45, 7) is 0. The van der Waals surface area contributed by atoms with Crippen LogP contribution in [0, 0.1) is 0 Å². The van der Waals surface area contributed by atoms with Gasteiger partial charge in [-0.25, -0.2) is 0 Å². The second-order valence-corrected chi connectivity index (χ2v) is 5.63. The number of benzene rings is 1. The number of halogens is 1. The molecule has 3 nitrogen and oxygen atoms in total. The lowest BCUT2D eigenvalue weighted by atomic mass is 10.1. The Morgan fingerprint density at radius 2 is 1.94 bits per heavy atom. The lowest BCUT2D eigenvalue weighted by molar-refractivity contribution is 0.414. The van der Waals surface area contributed by atoms with E-state index < -0.39 is 0 Å². The van der Waals surface area contributed by atoms with Gasteiger partial charge in [0.1, 0.15) is 10.8 Å². The van der Waals surface area contributed by atoms with Gasteiger partial charge in [-0.2, -0.15) is 0 Å². The molecule has 0 unspecified atom stereocenters. The molecule has 16 heavy (non-hydrogen) atoms. The largest absolute Gasteiger partial charge is 0.497 e. The topological polar surface area (TPSA) is 35.0 Å². The van der Waals surface area contributed by atoms with Gasteiger partial charge in [-0.1, -0.05) is 23.5 Å². The predicted molar refractivity (Wildman–Crippen MR) is 68.0 cm³/mol. The van der Waals surface area contributed by atoms with Crippen LogP contribution in [-0.2, 0) is 12.8 Å². The Balaban J connectivity index is 1.94. The van der Waals surface area contributed by atoms with Crippen LogP contribution in [0.25, 0.3) is 0 Å². The van der Waals surface area contributed by atoms with Crippen LogP contribution in [0.15, 0.2) is 28.2 Å². The van der Waals surface area contributed by atoms with Gasteiger partial charge in [0, 0.05) is 6.42 Å². The smallest absolute Gasteiger partial charge is 0.183 e. The van der Waals surface area contributed by atoms with Crippen LogP contribution >= 0.6 is 27.3 Å². The van der Waals surface area contributed by atoms with Crippen LogP contribution in [0.5, 0.6) is 5.75 Å². The summed E-state index contributed by atoms with van der Waals surface area (Å²) < 4.78 is 5.95. The Morgan fingerprint density at radius 1 is 1.19 bits per heavy atom. The van der Waals surface area contributed by atoms with E-state index in [0.717, 1.165) is 27.5 Å². The van der Waals surface area contributed by atoms with Crippen LogP contribution in [0.2, 0.25) is 0 Å². The van der Waals surface area contributed by atoms with Crippen molar-refractivity contribution in [2.45, 2.75) is 12.8 Å². The van der Waals surface area contributed by atoms with Crippen molar-refractivity contribution in [1.82, 2.24) is 10.2 Å². The van der Waals surface area contributed by atoms with E-state index in [1.807, 2.05) is 12.1 Å². The van der Waals surface area contributed by atoms with Gasteiger partial charge >= 0.3 is 0 Å². The molecule has 2 rings (SSSR count). The van der Waals surface area contributed by atoms with E-state index >= 15 is 0 Å². The second-order valence-electron chi connectivity index (χ2n) is 3.30. The van der Waals surface area contributed by atoms with Gasteiger partial charge in [0.15, 0.2) is 3.92 Å². The average Bonchev–Trinajstić information content (AvgIpc) is 2.73. The Hall–Kier alpha value is -0.940. The second kappa shape index (κ2) is 5.41. The van der Waals surface area contributed by atoms with Crippen molar-refractivity contribution in [2.24, 2.45) is 0 Å². The molecule has 0 aliphatic carbocycles. The molecule has 0 aliphatic rings. The van der Waals surface area contributed by atoms with Crippen molar-refractivity contribution in [3.05, 3.63) is 38.8 Å². The third-order valence-electron chi connectivity index (χ3n) is 2.23. The highest BCUT2D eigenvalue weighted by Gasteiger charge is 2.02. The third kappa shape index (κ3) is 3.02. The minimum atomic E-state index is 0.845. The molecule has 0 atom stereocenters. The van der Waals surface area contributed by atoms with E-state index in [2.05, 4.69) is 38.3 Å². The van der Waals surface area contributed by atoms with Crippen molar-refractivity contribution in [3.8, 4) is 5.75 Å². The van der Waals surface area contributed by atoms with Crippen molar-refractivity contribution in [1.29, 1.82) is 0 Å². The third-order valence-corrected chi connectivity index (χ3v) is 3.64. The summed E-state index contributed by atoms with van der Waals surface area (Å²) in [5.41, 5.74) is 1.28. The summed E-state index contributed by atoms with van der Waals surface area (Å²) >= 11 is 4.89. The Labute approximate surface area is 107 Å². The van der Waals surface area contributed by atoms with Crippen LogP contribution < -0.4 is 4.74 Å². The zero-order valence-corrected chi connectivity index (χ0v) is 11.2. The summed E-state index contributed by atoms with van der Waals surface area (Å²) in [7, 11) is 1.67. The van der Waals surface area contributed by atoms with E-state index in [1.165, 1.54) is 5.56 Å². The molecule has 0 saturated carbocycles. The van der Waals surface area contributed by atoms with Gasteiger partial charge in [-0.3, -0.25) is 0 Å². The molecule has 5 heteroatoms. The first kappa shape index (κ1) is 11.5. The molecule has 0 N–H and O–H groups in total. The number of aromatic nitrogens is 2. The normalized spacial score (nSPS) is 10.4. The summed E-state index contributed by atoms with van der Waals surface area (Å²) in [6.07, 6.45) is 1.90. The quantitative estimate of drug-likeness (QED) is 0.870. The van der Waals surface area contributed by atoms with Crippen molar-refractivity contribution in [3.63, 3.8) is 0 Å². The van der Waals surface area contributed by atoms with Gasteiger partial charge in [-0.15, -0.1) is 10.2 Å². The molecule has 0 aliphatic heterocycles. The molecule has 0 spiro atoms. The summed E-state index contributed by atoms with van der Waals surface area (Å²) in [4.78, 5) is 0. The highest BCUT2D eigenvalue weighted by atomic mass is 79.9. The maximum absolute atomic E-state index is 5.11. The molecule has 0 bridgehead atoms. The van der Waals surface area contributed by atoms with Gasteiger partial charge in [0.2, 0.25) is 0 Å². The van der Waals surface area contributed by atoms with E-state index in [1.54, 1.807) is 18.4 Å². The van der Waals surface area contributed by atoms with Crippen molar-refractivity contribution >= 4 is 27.3 Å². The zero-order valence-electron chi connectivity index (χ0n) is 8.81. The number of nitrogens with zero attached hydrogens (tertiary/aromatic N) is 2. The monoisotopic (exact) mass is 298 g/mol. The number of ether oxygens (including phenoxy) is 1. The predicted octanol–water partition coefficient (Wildman–Crippen LogP) is 3.09. The van der Waals surface area contributed by atoms with E-state index in [0.29, 0.717) is 0 Å². The fraction of sp³-hybridized carbons (Fsp3) is 0.273. The summed E-state index contributed by atoms with van der Waals surface area (Å²) in [5.74, 6) is 0.891. The van der Waals surface area contributed by atoms with Gasteiger partial charge in [0.05, 0.1) is 7.11 Å². The Bertz CT molecular complexity index is 455. The molecule has 0 fully saturated rings. The van der Waals surface area contributed by atoms with Gasteiger partial charge in [0.25, 0.3) is 0 Å². The molecule has 1 heterocycles. The molecule has 0 amide bonds. The minimum absolute atomic E-state index is 0.845. The van der Waals surface area contributed by atoms with Crippen LogP contribution in [0.1, 0.15) is 10.6 Å². The number of hydrogen-bond donors (Lipinski definition) is 0. The number of rotatable bonds is 4. The molecule has 2 aromatic rings. The lowest BCUT2D eigenvalue weighted by Gasteiger charge is -2.01. The van der Waals surface area contributed by atoms with Crippen LogP contribution in [0.4, 0.5) is 0 Å². The van der Waals surface area contributed by atoms with Gasteiger partial charge in [-0.05, 0) is 40.0 Å². The standard InChI is InChI=1S/C11H11BrN2OS/c1-15-9-5-2-8(3-6-9)4-7-10-13-14-11(12)16-10/h2-3,5-6H,4,7H2,1H3. The molecular weight excluding hydrogens is 288 g/mol. The van der Waals surface area contributed by atoms with Gasteiger partial charge < -0.3 is 4.74 Å². The summed E-state index contributed by atoms with van der Waals surface area (Å²) in [5, 5.41) is 9.04. The van der Waals surface area contributed by atoms with E-state index in [4.69, 9.17) is 4.74 Å². The number of aryl methyl sites for hydroxylation is 2. The van der Waals surface area contributed by atoms with Crippen molar-refractivity contribution < 1.29 is 4.74 Å². The van der Waals surface area contributed by atoms with Crippen LogP contribution in [-0.4, -0.2) is 17.3 Å². The fourth-order valence-corrected chi connectivity index (χ4v) is 2.58. The van der Waals surface area contributed by atoms with Crippen molar-refractivity contribution in [2.75, 3.05) is 7.11 Å². The molecule has 0 radical (unpaired) electrons. The van der Waals surface area contributed by atoms with E-state index in [-0.39, 0.29) is 0 Å². The SMILES string of the molecule is COc1ccc(CCc2nnc(Br)s2)cc1. The average molecular weight is 299 g/mol. The fourth-order valence-electron chi connectivity index (χ4n) is 1.38. The molecule has 0 saturated heterocycles. The Kier molecular flexibility index (Phi) is 3.90. The molecule has 84 valence electrons. The minimum Gasteiger partial charge on any atom is -0.497 e. The zero-order chi connectivity index (χ0) is 11.4. The molecule has 1 aromatic carbocycles. The maximum Gasteiger partial charge on any atom is 0.183 e. The van der Waals surface area contributed by atoms with Crippen LogP contribution in [0.3, 0.4) is 0 Å². The Morgan fingerprint density at radius 3 is 2.50 bits per heavy atom. The lowest BCUT2D eigenvalue weighted by Crippen LogP contribution is -1.91. The first-order valence-electron chi connectivity index (χ1n) is 4.89. The first-order valence-corrected chi connectivity index (χ1v) is 6.49. The van der Waals surface area contributed by atoms with E-state index in [9.17, 15) is 0 Å². The molecular formula is C11H11BrN2OS.